The van der Waals surface area contributed by atoms with Crippen molar-refractivity contribution in [2.75, 3.05) is 0 Å². The molecule has 3 rings (SSSR count). The van der Waals surface area contributed by atoms with Gasteiger partial charge in [0.1, 0.15) is 6.10 Å². The molecule has 0 spiro atoms. The van der Waals surface area contributed by atoms with Crippen molar-refractivity contribution < 1.29 is 5.11 Å². The monoisotopic (exact) mass is 249 g/mol. The van der Waals surface area contributed by atoms with Crippen LogP contribution in [0.5, 0.6) is 0 Å². The van der Waals surface area contributed by atoms with Crippen molar-refractivity contribution in [2.24, 2.45) is 0 Å². The third-order valence-corrected chi connectivity index (χ3v) is 3.29. The van der Waals surface area contributed by atoms with Crippen molar-refractivity contribution >= 4 is 10.9 Å². The number of aliphatic hydroxyl groups is 1. The van der Waals surface area contributed by atoms with E-state index in [9.17, 15) is 5.11 Å². The maximum atomic E-state index is 10.4. The number of pyridine rings is 1. The molecule has 94 valence electrons. The zero-order valence-electron chi connectivity index (χ0n) is 10.7. The number of aliphatic hydroxyl groups excluding tert-OH is 1. The minimum Gasteiger partial charge on any atom is -0.382 e. The molecule has 0 aliphatic carbocycles. The van der Waals surface area contributed by atoms with E-state index < -0.39 is 6.10 Å². The summed E-state index contributed by atoms with van der Waals surface area (Å²) in [6, 6.07) is 19.7. The van der Waals surface area contributed by atoms with Gasteiger partial charge in [0.05, 0.1) is 11.2 Å². The van der Waals surface area contributed by atoms with Gasteiger partial charge in [-0.2, -0.15) is 0 Å². The molecule has 19 heavy (non-hydrogen) atoms. The van der Waals surface area contributed by atoms with E-state index in [1.807, 2.05) is 67.6 Å². The first-order chi connectivity index (χ1) is 9.24. The first-order valence-electron chi connectivity index (χ1n) is 6.34. The van der Waals surface area contributed by atoms with E-state index in [1.54, 1.807) is 0 Å². The Hall–Kier alpha value is -2.19. The maximum absolute atomic E-state index is 10.4. The number of aromatic nitrogens is 1. The Morgan fingerprint density at radius 2 is 1.63 bits per heavy atom. The van der Waals surface area contributed by atoms with Crippen LogP contribution in [-0.4, -0.2) is 10.1 Å². The molecule has 0 saturated carbocycles. The number of benzene rings is 2. The molecular formula is C17H15NO. The Bertz CT molecular complexity index is 704. The summed E-state index contributed by atoms with van der Waals surface area (Å²) in [5.41, 5.74) is 3.64. The Morgan fingerprint density at radius 3 is 2.42 bits per heavy atom. The van der Waals surface area contributed by atoms with E-state index in [4.69, 9.17) is 0 Å². The molecule has 1 N–H and O–H groups in total. The van der Waals surface area contributed by atoms with Gasteiger partial charge in [-0.15, -0.1) is 0 Å². The molecule has 1 heterocycles. The van der Waals surface area contributed by atoms with Crippen molar-refractivity contribution in [1.82, 2.24) is 4.98 Å². The minimum absolute atomic E-state index is 0.676. The molecule has 0 saturated heterocycles. The average Bonchev–Trinajstić information content (AvgIpc) is 2.47. The van der Waals surface area contributed by atoms with E-state index in [2.05, 4.69) is 4.98 Å². The molecule has 0 aliphatic rings. The number of hydrogen-bond acceptors (Lipinski definition) is 2. The Balaban J connectivity index is 2.01. The highest BCUT2D eigenvalue weighted by Crippen LogP contribution is 2.22. The SMILES string of the molecule is Cc1ccc(C(O)c2ccc3ccccc3n2)cc1. The zero-order valence-corrected chi connectivity index (χ0v) is 10.7. The van der Waals surface area contributed by atoms with Crippen LogP contribution in [0.15, 0.2) is 60.7 Å². The molecule has 1 atom stereocenters. The number of para-hydroxylation sites is 1. The predicted octanol–water partition coefficient (Wildman–Crippen LogP) is 3.62. The first kappa shape index (κ1) is 11.9. The Labute approximate surface area is 112 Å². The van der Waals surface area contributed by atoms with Gasteiger partial charge in [0.2, 0.25) is 0 Å². The normalized spacial score (nSPS) is 12.5. The lowest BCUT2D eigenvalue weighted by molar-refractivity contribution is 0.216. The molecule has 1 aromatic heterocycles. The van der Waals surface area contributed by atoms with Crippen LogP contribution in [-0.2, 0) is 0 Å². The topological polar surface area (TPSA) is 33.1 Å². The number of aryl methyl sites for hydroxylation is 1. The smallest absolute Gasteiger partial charge is 0.121 e. The van der Waals surface area contributed by atoms with E-state index in [0.717, 1.165) is 16.5 Å². The van der Waals surface area contributed by atoms with Gasteiger partial charge >= 0.3 is 0 Å². The largest absolute Gasteiger partial charge is 0.382 e. The summed E-state index contributed by atoms with van der Waals surface area (Å²) < 4.78 is 0. The third-order valence-electron chi connectivity index (χ3n) is 3.29. The minimum atomic E-state index is -0.676. The van der Waals surface area contributed by atoms with E-state index >= 15 is 0 Å². The molecule has 2 nitrogen and oxygen atoms in total. The second kappa shape index (κ2) is 4.82. The van der Waals surface area contributed by atoms with Crippen LogP contribution in [0.25, 0.3) is 10.9 Å². The lowest BCUT2D eigenvalue weighted by atomic mass is 10.0. The molecule has 0 amide bonds. The summed E-state index contributed by atoms with van der Waals surface area (Å²) >= 11 is 0. The van der Waals surface area contributed by atoms with Gasteiger partial charge < -0.3 is 5.11 Å². The van der Waals surface area contributed by atoms with Crippen LogP contribution < -0.4 is 0 Å². The van der Waals surface area contributed by atoms with E-state index in [0.29, 0.717) is 5.69 Å². The number of nitrogens with zero attached hydrogens (tertiary/aromatic N) is 1. The summed E-state index contributed by atoms with van der Waals surface area (Å²) in [5.74, 6) is 0. The van der Waals surface area contributed by atoms with Crippen molar-refractivity contribution in [1.29, 1.82) is 0 Å². The molecule has 0 aliphatic heterocycles. The molecule has 1 unspecified atom stereocenters. The van der Waals surface area contributed by atoms with Gasteiger partial charge in [-0.05, 0) is 24.6 Å². The van der Waals surface area contributed by atoms with Crippen molar-refractivity contribution in [3.8, 4) is 0 Å². The van der Waals surface area contributed by atoms with Gasteiger partial charge in [-0.1, -0.05) is 54.1 Å². The first-order valence-corrected chi connectivity index (χ1v) is 6.34. The fourth-order valence-electron chi connectivity index (χ4n) is 2.15. The highest BCUT2D eigenvalue weighted by Gasteiger charge is 2.11. The summed E-state index contributed by atoms with van der Waals surface area (Å²) in [7, 11) is 0. The predicted molar refractivity (Wildman–Crippen MR) is 77.0 cm³/mol. The fourth-order valence-corrected chi connectivity index (χ4v) is 2.15. The van der Waals surface area contributed by atoms with Gasteiger partial charge in [-0.25, -0.2) is 4.98 Å². The molecular weight excluding hydrogens is 234 g/mol. The number of hydrogen-bond donors (Lipinski definition) is 1. The van der Waals surface area contributed by atoms with Gasteiger partial charge in [0.15, 0.2) is 0 Å². The van der Waals surface area contributed by atoms with Crippen molar-refractivity contribution in [2.45, 2.75) is 13.0 Å². The summed E-state index contributed by atoms with van der Waals surface area (Å²) in [6.07, 6.45) is -0.676. The van der Waals surface area contributed by atoms with Crippen molar-refractivity contribution in [3.05, 3.63) is 77.5 Å². The Kier molecular flexibility index (Phi) is 3.02. The lowest BCUT2D eigenvalue weighted by Crippen LogP contribution is -2.02. The van der Waals surface area contributed by atoms with Crippen LogP contribution in [0.2, 0.25) is 0 Å². The van der Waals surface area contributed by atoms with E-state index in [-0.39, 0.29) is 0 Å². The quantitative estimate of drug-likeness (QED) is 0.752. The van der Waals surface area contributed by atoms with Crippen LogP contribution in [0, 0.1) is 6.92 Å². The van der Waals surface area contributed by atoms with Gasteiger partial charge in [-0.3, -0.25) is 0 Å². The third kappa shape index (κ3) is 2.35. The zero-order chi connectivity index (χ0) is 13.2. The number of fused-ring (bicyclic) bond motifs is 1. The highest BCUT2D eigenvalue weighted by atomic mass is 16.3. The summed E-state index contributed by atoms with van der Waals surface area (Å²) in [5, 5.41) is 11.5. The molecule has 3 aromatic rings. The molecule has 0 fully saturated rings. The Morgan fingerprint density at radius 1 is 0.895 bits per heavy atom. The van der Waals surface area contributed by atoms with E-state index in [1.165, 1.54) is 5.56 Å². The maximum Gasteiger partial charge on any atom is 0.121 e. The average molecular weight is 249 g/mol. The molecule has 0 radical (unpaired) electrons. The van der Waals surface area contributed by atoms with Crippen LogP contribution in [0.4, 0.5) is 0 Å². The molecule has 0 bridgehead atoms. The lowest BCUT2D eigenvalue weighted by Gasteiger charge is -2.11. The van der Waals surface area contributed by atoms with Gasteiger partial charge in [0, 0.05) is 5.39 Å². The highest BCUT2D eigenvalue weighted by molar-refractivity contribution is 5.78. The summed E-state index contributed by atoms with van der Waals surface area (Å²) in [6.45, 7) is 2.03. The molecule has 2 aromatic carbocycles. The second-order valence-corrected chi connectivity index (χ2v) is 4.74. The van der Waals surface area contributed by atoms with Crippen LogP contribution >= 0.6 is 0 Å². The standard InChI is InChI=1S/C17H15NO/c1-12-6-8-14(9-7-12)17(19)16-11-10-13-4-2-3-5-15(13)18-16/h2-11,17,19H,1H3. The molecule has 2 heteroatoms. The van der Waals surface area contributed by atoms with Crippen LogP contribution in [0.3, 0.4) is 0 Å². The van der Waals surface area contributed by atoms with Gasteiger partial charge in [0.25, 0.3) is 0 Å². The second-order valence-electron chi connectivity index (χ2n) is 4.74. The van der Waals surface area contributed by atoms with Crippen LogP contribution in [0.1, 0.15) is 22.9 Å². The summed E-state index contributed by atoms with van der Waals surface area (Å²) in [4.78, 5) is 4.52. The fraction of sp³-hybridized carbons (Fsp3) is 0.118. The number of rotatable bonds is 2. The van der Waals surface area contributed by atoms with Crippen molar-refractivity contribution in [3.63, 3.8) is 0 Å².